The summed E-state index contributed by atoms with van der Waals surface area (Å²) in [6.07, 6.45) is 5.50. The molecule has 2 bridgehead atoms. The van der Waals surface area contributed by atoms with Crippen LogP contribution in [0.25, 0.3) is 33.1 Å². The molecule has 3 saturated carbocycles. The fourth-order valence-corrected chi connectivity index (χ4v) is 18.5. The van der Waals surface area contributed by atoms with Crippen LogP contribution in [-0.4, -0.2) is 8.07 Å². The predicted molar refractivity (Wildman–Crippen MR) is 260 cm³/mol. The lowest BCUT2D eigenvalue weighted by Gasteiger charge is -2.56. The third kappa shape index (κ3) is 4.97. The number of benzene rings is 8. The van der Waals surface area contributed by atoms with Gasteiger partial charge in [-0.3, -0.25) is 0 Å². The summed E-state index contributed by atoms with van der Waals surface area (Å²) in [6.45, 7) is 2.53. The van der Waals surface area contributed by atoms with E-state index >= 15 is 0 Å². The molecule has 0 radical (unpaired) electrons. The zero-order chi connectivity index (χ0) is 41.0. The van der Waals surface area contributed by atoms with Crippen molar-refractivity contribution in [2.24, 2.45) is 29.6 Å². The van der Waals surface area contributed by atoms with Crippen LogP contribution in [0.2, 0.25) is 0 Å². The summed E-state index contributed by atoms with van der Waals surface area (Å²) in [5, 5.41) is 7.75. The second-order valence-electron chi connectivity index (χ2n) is 18.9. The maximum Gasteiger partial charge on any atom is 0.179 e. The van der Waals surface area contributed by atoms with Gasteiger partial charge in [-0.05, 0) is 129 Å². The lowest BCUT2D eigenvalue weighted by molar-refractivity contribution is 0.0377. The second-order valence-corrected chi connectivity index (χ2v) is 22.7. The molecule has 2 nitrogen and oxygen atoms in total. The zero-order valence-corrected chi connectivity index (χ0v) is 36.1. The van der Waals surface area contributed by atoms with Crippen molar-refractivity contribution in [2.75, 3.05) is 4.90 Å². The number of furan rings is 1. The molecule has 1 spiro atoms. The molecule has 3 heteroatoms. The Bertz CT molecular complexity index is 3010. The van der Waals surface area contributed by atoms with E-state index < -0.39 is 8.07 Å². The van der Waals surface area contributed by atoms with Gasteiger partial charge in [0.1, 0.15) is 11.2 Å². The molecule has 8 aromatic carbocycles. The number of rotatable bonds is 6. The van der Waals surface area contributed by atoms with E-state index in [1.54, 1.807) is 11.1 Å². The Labute approximate surface area is 365 Å². The van der Waals surface area contributed by atoms with E-state index in [-0.39, 0.29) is 5.41 Å². The number of fused-ring (bicyclic) bond motifs is 10. The number of hydrogen-bond donors (Lipinski definition) is 0. The maximum absolute atomic E-state index is 6.69. The van der Waals surface area contributed by atoms with Gasteiger partial charge in [0.05, 0.1) is 17.1 Å². The fraction of sp³-hybridized carbons (Fsp3) is 0.186. The summed E-state index contributed by atoms with van der Waals surface area (Å²) in [6, 6.07) is 75.5. The van der Waals surface area contributed by atoms with Crippen molar-refractivity contribution in [1.82, 2.24) is 0 Å². The van der Waals surface area contributed by atoms with Gasteiger partial charge in [0.25, 0.3) is 0 Å². The van der Waals surface area contributed by atoms with Gasteiger partial charge >= 0.3 is 0 Å². The minimum atomic E-state index is -2.73. The first-order valence-electron chi connectivity index (χ1n) is 22.9. The smallest absolute Gasteiger partial charge is 0.179 e. The lowest BCUT2D eigenvalue weighted by atomic mass is 9.50. The Hall–Kier alpha value is -6.42. The first kappa shape index (κ1) is 36.3. The van der Waals surface area contributed by atoms with Crippen molar-refractivity contribution < 1.29 is 4.42 Å². The molecule has 62 heavy (non-hydrogen) atoms. The molecule has 0 amide bonds. The Morgan fingerprint density at radius 3 is 1.65 bits per heavy atom. The summed E-state index contributed by atoms with van der Waals surface area (Å²) >= 11 is 0. The van der Waals surface area contributed by atoms with Gasteiger partial charge in [-0.1, -0.05) is 171 Å². The number of anilines is 3. The molecule has 13 rings (SSSR count). The summed E-state index contributed by atoms with van der Waals surface area (Å²) in [5.74, 6) is 3.93. The van der Waals surface area contributed by atoms with Crippen LogP contribution in [0.1, 0.15) is 43.7 Å². The Morgan fingerprint density at radius 1 is 0.484 bits per heavy atom. The molecule has 300 valence electrons. The van der Waals surface area contributed by atoms with Gasteiger partial charge in [-0.2, -0.15) is 0 Å². The van der Waals surface area contributed by atoms with Crippen LogP contribution in [-0.2, 0) is 5.41 Å². The Balaban J connectivity index is 0.992. The van der Waals surface area contributed by atoms with Crippen LogP contribution in [0.5, 0.6) is 0 Å². The van der Waals surface area contributed by atoms with E-state index in [9.17, 15) is 0 Å². The number of nitrogens with zero attached hydrogens (tertiary/aromatic N) is 1. The second kappa shape index (κ2) is 13.8. The molecule has 2 heterocycles. The molecule has 0 saturated heterocycles. The molecule has 0 N–H and O–H groups in total. The van der Waals surface area contributed by atoms with Crippen molar-refractivity contribution in [3.8, 4) is 11.1 Å². The average Bonchev–Trinajstić information content (AvgIpc) is 3.76. The van der Waals surface area contributed by atoms with E-state index in [1.807, 2.05) is 0 Å². The van der Waals surface area contributed by atoms with Gasteiger partial charge in [0, 0.05) is 21.8 Å². The van der Waals surface area contributed by atoms with E-state index in [4.69, 9.17) is 4.42 Å². The van der Waals surface area contributed by atoms with Crippen LogP contribution in [0.4, 0.5) is 17.1 Å². The van der Waals surface area contributed by atoms with Gasteiger partial charge in [-0.25, -0.2) is 0 Å². The van der Waals surface area contributed by atoms with Gasteiger partial charge < -0.3 is 9.32 Å². The van der Waals surface area contributed by atoms with Crippen molar-refractivity contribution in [3.05, 3.63) is 211 Å². The van der Waals surface area contributed by atoms with Crippen molar-refractivity contribution in [3.63, 3.8) is 0 Å². The highest BCUT2D eigenvalue weighted by Gasteiger charge is 2.66. The molecule has 9 aromatic rings. The van der Waals surface area contributed by atoms with Crippen LogP contribution < -0.4 is 25.6 Å². The molecule has 1 aromatic heterocycles. The third-order valence-corrected chi connectivity index (χ3v) is 20.8. The predicted octanol–water partition coefficient (Wildman–Crippen LogP) is 12.4. The average molecular weight is 816 g/mol. The monoisotopic (exact) mass is 815 g/mol. The van der Waals surface area contributed by atoms with E-state index in [0.717, 1.165) is 45.6 Å². The van der Waals surface area contributed by atoms with E-state index in [0.29, 0.717) is 5.92 Å². The molecule has 1 aliphatic heterocycles. The third-order valence-electron chi connectivity index (χ3n) is 16.0. The maximum atomic E-state index is 6.69. The molecule has 4 aliphatic rings. The lowest BCUT2D eigenvalue weighted by Crippen LogP contribution is -2.74. The Morgan fingerprint density at radius 2 is 1.02 bits per heavy atom. The number of para-hydroxylation sites is 3. The van der Waals surface area contributed by atoms with E-state index in [2.05, 4.69) is 212 Å². The summed E-state index contributed by atoms with van der Waals surface area (Å²) in [7, 11) is -2.73. The molecule has 3 aliphatic carbocycles. The first-order chi connectivity index (χ1) is 30.6. The van der Waals surface area contributed by atoms with Crippen molar-refractivity contribution in [1.29, 1.82) is 0 Å². The molecule has 3 fully saturated rings. The first-order valence-corrected chi connectivity index (χ1v) is 24.9. The van der Waals surface area contributed by atoms with Crippen molar-refractivity contribution in [2.45, 2.75) is 38.0 Å². The summed E-state index contributed by atoms with van der Waals surface area (Å²) in [5.41, 5.74) is 11.3. The van der Waals surface area contributed by atoms with Gasteiger partial charge in [0.2, 0.25) is 0 Å². The topological polar surface area (TPSA) is 16.4 Å². The molecule has 5 atom stereocenters. The minimum absolute atomic E-state index is 0.0680. The standard InChI is InChI=1S/C59H49NOSi/c1-39-33-41-36-53-48(41)37-42(34-39)59(53)51-24-12-15-27-55(51)60(56-28-16-13-25-52(56)59)54-26-14-11-23-47(54)40-29-31-57-49(35-40)50-38-46(30-32-58(50)61-57)62(43-17-5-2-6-18-43,44-19-7-3-8-20-44)45-21-9-4-10-22-45/h2-32,35,38-39,41-42,48,53H,33-34,36-37H2,1H3/t39-,41-,42?,48-,53?/m1/s1. The fourth-order valence-electron chi connectivity index (χ4n) is 13.7. The summed E-state index contributed by atoms with van der Waals surface area (Å²) < 4.78 is 6.69. The summed E-state index contributed by atoms with van der Waals surface area (Å²) in [4.78, 5) is 2.61. The number of hydrogen-bond acceptors (Lipinski definition) is 2. The van der Waals surface area contributed by atoms with Crippen LogP contribution in [0, 0.1) is 29.6 Å². The minimum Gasteiger partial charge on any atom is -0.456 e. The van der Waals surface area contributed by atoms with Crippen LogP contribution >= 0.6 is 0 Å². The molecule has 2 unspecified atom stereocenters. The van der Waals surface area contributed by atoms with Gasteiger partial charge in [-0.15, -0.1) is 0 Å². The Kier molecular flexibility index (Phi) is 8.06. The quantitative estimate of drug-likeness (QED) is 0.123. The highest BCUT2D eigenvalue weighted by atomic mass is 28.3. The van der Waals surface area contributed by atoms with Crippen molar-refractivity contribution >= 4 is 67.8 Å². The van der Waals surface area contributed by atoms with Gasteiger partial charge in [0.15, 0.2) is 8.07 Å². The highest BCUT2D eigenvalue weighted by molar-refractivity contribution is 7.20. The largest absolute Gasteiger partial charge is 0.456 e. The zero-order valence-electron chi connectivity index (χ0n) is 35.1. The molecular weight excluding hydrogens is 767 g/mol. The normalized spacial score (nSPS) is 22.0. The van der Waals surface area contributed by atoms with Crippen LogP contribution in [0.15, 0.2) is 205 Å². The SMILES string of the molecule is C[C@H]1CC2C[C@H]3C(C[C@H]3C1)C21c2ccccc2N(c2ccccc2-c2ccc3oc4ccc([Si](c5ccccc5)(c5ccccc5)c5ccccc5)cc4c3c2)c2ccccc21. The van der Waals surface area contributed by atoms with E-state index in [1.165, 1.54) is 74.6 Å². The highest BCUT2D eigenvalue weighted by Crippen LogP contribution is 2.73. The molecular formula is C59H49NOSi. The van der Waals surface area contributed by atoms with Crippen LogP contribution in [0.3, 0.4) is 0 Å².